The lowest BCUT2D eigenvalue weighted by atomic mass is 9.75. The van der Waals surface area contributed by atoms with Crippen molar-refractivity contribution in [2.45, 2.75) is 39.0 Å². The number of thioether (sulfide) groups is 1. The van der Waals surface area contributed by atoms with E-state index in [1.165, 1.54) is 0 Å². The van der Waals surface area contributed by atoms with Crippen molar-refractivity contribution in [1.82, 2.24) is 5.32 Å². The normalized spacial score (nSPS) is 18.7. The molecule has 0 amide bonds. The van der Waals surface area contributed by atoms with Crippen molar-refractivity contribution < 1.29 is 23.8 Å². The van der Waals surface area contributed by atoms with Gasteiger partial charge in [-0.05, 0) is 43.2 Å². The Labute approximate surface area is 182 Å². The predicted molar refractivity (Wildman–Crippen MR) is 118 cm³/mol. The largest absolute Gasteiger partial charge is 0.493 e. The van der Waals surface area contributed by atoms with Crippen LogP contribution in [0, 0.1) is 0 Å². The van der Waals surface area contributed by atoms with Crippen LogP contribution in [0.2, 0.25) is 0 Å². The van der Waals surface area contributed by atoms with E-state index in [2.05, 4.69) is 12.2 Å². The molecule has 1 heterocycles. The molecule has 2 aliphatic rings. The first kappa shape index (κ1) is 22.3. The Morgan fingerprint density at radius 3 is 2.67 bits per heavy atom. The summed E-state index contributed by atoms with van der Waals surface area (Å²) >= 11 is 1.72. The molecule has 1 aromatic rings. The molecule has 6 nitrogen and oxygen atoms in total. The molecule has 3 rings (SSSR count). The molecular weight excluding hydrogens is 402 g/mol. The van der Waals surface area contributed by atoms with Gasteiger partial charge >= 0.3 is 5.97 Å². The molecule has 0 unspecified atom stereocenters. The van der Waals surface area contributed by atoms with Gasteiger partial charge in [-0.2, -0.15) is 11.8 Å². The van der Waals surface area contributed by atoms with E-state index >= 15 is 0 Å². The van der Waals surface area contributed by atoms with E-state index in [4.69, 9.17) is 14.2 Å². The van der Waals surface area contributed by atoms with Crippen molar-refractivity contribution in [3.63, 3.8) is 0 Å². The van der Waals surface area contributed by atoms with Crippen LogP contribution < -0.4 is 14.8 Å². The van der Waals surface area contributed by atoms with Crippen LogP contribution in [0.3, 0.4) is 0 Å². The minimum atomic E-state index is -0.486. The second-order valence-electron chi connectivity index (χ2n) is 7.21. The number of nitrogens with one attached hydrogen (secondary N) is 1. The van der Waals surface area contributed by atoms with Crippen LogP contribution in [0.25, 0.3) is 0 Å². The minimum Gasteiger partial charge on any atom is -0.493 e. The molecule has 0 saturated heterocycles. The maximum atomic E-state index is 13.1. The summed E-state index contributed by atoms with van der Waals surface area (Å²) in [6, 6.07) is 5.53. The lowest BCUT2D eigenvalue weighted by Gasteiger charge is -2.34. The summed E-state index contributed by atoms with van der Waals surface area (Å²) in [7, 11) is 3.15. The van der Waals surface area contributed by atoms with Crippen molar-refractivity contribution in [1.29, 1.82) is 0 Å². The summed E-state index contributed by atoms with van der Waals surface area (Å²) in [5, 5.41) is 3.31. The topological polar surface area (TPSA) is 73.9 Å². The van der Waals surface area contributed by atoms with Gasteiger partial charge < -0.3 is 19.5 Å². The van der Waals surface area contributed by atoms with Crippen molar-refractivity contribution >= 4 is 23.5 Å². The zero-order chi connectivity index (χ0) is 21.7. The number of hydrogen-bond acceptors (Lipinski definition) is 7. The molecule has 162 valence electrons. The van der Waals surface area contributed by atoms with Crippen LogP contribution >= 0.6 is 11.8 Å². The molecule has 1 aliphatic heterocycles. The summed E-state index contributed by atoms with van der Waals surface area (Å²) in [6.07, 6.45) is 2.08. The zero-order valence-corrected chi connectivity index (χ0v) is 18.8. The molecular formula is C23H29NO5S. The number of ketones is 1. The molecule has 0 fully saturated rings. The Balaban J connectivity index is 2.04. The Hall–Kier alpha value is -2.41. The van der Waals surface area contributed by atoms with Crippen LogP contribution in [0.1, 0.15) is 44.6 Å². The third-order valence-electron chi connectivity index (χ3n) is 5.40. The van der Waals surface area contributed by atoms with E-state index in [1.807, 2.05) is 19.1 Å². The van der Waals surface area contributed by atoms with Gasteiger partial charge in [-0.3, -0.25) is 4.79 Å². The third-order valence-corrected chi connectivity index (χ3v) is 6.27. The first-order valence-corrected chi connectivity index (χ1v) is 11.4. The van der Waals surface area contributed by atoms with Crippen LogP contribution in [0.15, 0.2) is 40.7 Å². The lowest BCUT2D eigenvalue weighted by Crippen LogP contribution is -2.34. The van der Waals surface area contributed by atoms with Gasteiger partial charge in [0, 0.05) is 35.1 Å². The number of carbonyl (C=O) groups excluding carboxylic acids is 2. The number of benzene rings is 1. The molecule has 0 bridgehead atoms. The molecule has 0 aromatic heterocycles. The van der Waals surface area contributed by atoms with Gasteiger partial charge in [-0.1, -0.05) is 13.0 Å². The average molecular weight is 432 g/mol. The molecule has 1 aliphatic carbocycles. The maximum Gasteiger partial charge on any atom is 0.336 e. The lowest BCUT2D eigenvalue weighted by molar-refractivity contribution is -0.138. The third kappa shape index (κ3) is 4.51. The summed E-state index contributed by atoms with van der Waals surface area (Å²) in [5.41, 5.74) is 3.59. The smallest absolute Gasteiger partial charge is 0.336 e. The number of rotatable bonds is 8. The van der Waals surface area contributed by atoms with E-state index in [1.54, 1.807) is 32.0 Å². The molecule has 1 N–H and O–H groups in total. The highest BCUT2D eigenvalue weighted by Crippen LogP contribution is 2.44. The number of allylic oxidation sites excluding steroid dienone is 3. The highest BCUT2D eigenvalue weighted by atomic mass is 32.2. The fourth-order valence-corrected chi connectivity index (χ4v) is 4.52. The second-order valence-corrected chi connectivity index (χ2v) is 8.61. The molecule has 7 heteroatoms. The number of hydrogen-bond donors (Lipinski definition) is 1. The van der Waals surface area contributed by atoms with Gasteiger partial charge in [0.15, 0.2) is 17.3 Å². The van der Waals surface area contributed by atoms with Crippen LogP contribution in [0.4, 0.5) is 0 Å². The number of dihydropyridines is 1. The van der Waals surface area contributed by atoms with Gasteiger partial charge in [-0.25, -0.2) is 4.79 Å². The van der Waals surface area contributed by atoms with Crippen molar-refractivity contribution in [2.75, 3.05) is 32.3 Å². The fourth-order valence-electron chi connectivity index (χ4n) is 4.03. The summed E-state index contributed by atoms with van der Waals surface area (Å²) in [5.74, 6) is 2.07. The van der Waals surface area contributed by atoms with Gasteiger partial charge in [0.2, 0.25) is 0 Å². The van der Waals surface area contributed by atoms with Crippen molar-refractivity contribution in [3.05, 3.63) is 46.3 Å². The molecule has 0 spiro atoms. The number of ether oxygens (including phenoxy) is 3. The molecule has 1 aromatic carbocycles. The van der Waals surface area contributed by atoms with Crippen molar-refractivity contribution in [2.24, 2.45) is 0 Å². The Kier molecular flexibility index (Phi) is 7.48. The molecule has 0 saturated carbocycles. The maximum absolute atomic E-state index is 13.1. The first-order chi connectivity index (χ1) is 14.5. The zero-order valence-electron chi connectivity index (χ0n) is 18.0. The SMILES string of the molecule is CCSCCOC(=O)C1=C(C)NC2=C(C(=O)CCC2)[C@H]1c1ccc(OC)c(OC)c1. The van der Waals surface area contributed by atoms with Gasteiger partial charge in [0.1, 0.15) is 6.61 Å². The highest BCUT2D eigenvalue weighted by Gasteiger charge is 2.39. The van der Waals surface area contributed by atoms with E-state index in [9.17, 15) is 9.59 Å². The standard InChI is InChI=1S/C23H29NO5S/c1-5-30-12-11-29-23(26)20-14(2)24-16-7-6-8-17(25)22(16)21(20)15-9-10-18(27-3)19(13-15)28-4/h9-10,13,21,24H,5-8,11-12H2,1-4H3/t21-/m0/s1. The van der Waals surface area contributed by atoms with E-state index < -0.39 is 5.92 Å². The average Bonchev–Trinajstić information content (AvgIpc) is 2.75. The Morgan fingerprint density at radius 1 is 1.20 bits per heavy atom. The Morgan fingerprint density at radius 2 is 1.97 bits per heavy atom. The van der Waals surface area contributed by atoms with Crippen LogP contribution in [-0.2, 0) is 14.3 Å². The van der Waals surface area contributed by atoms with Gasteiger partial charge in [0.25, 0.3) is 0 Å². The first-order valence-electron chi connectivity index (χ1n) is 10.2. The summed E-state index contributed by atoms with van der Waals surface area (Å²) < 4.78 is 16.4. The number of esters is 1. The fraction of sp³-hybridized carbons (Fsp3) is 0.478. The van der Waals surface area contributed by atoms with Gasteiger partial charge in [0.05, 0.1) is 19.8 Å². The quantitative estimate of drug-likeness (QED) is 0.493. The molecule has 1 atom stereocenters. The highest BCUT2D eigenvalue weighted by molar-refractivity contribution is 7.99. The van der Waals surface area contributed by atoms with E-state index in [-0.39, 0.29) is 11.8 Å². The second kappa shape index (κ2) is 10.1. The predicted octanol–water partition coefficient (Wildman–Crippen LogP) is 3.97. The van der Waals surface area contributed by atoms with E-state index in [0.29, 0.717) is 35.7 Å². The summed E-state index contributed by atoms with van der Waals surface area (Å²) in [6.45, 7) is 4.28. The molecule has 30 heavy (non-hydrogen) atoms. The molecule has 0 radical (unpaired) electrons. The summed E-state index contributed by atoms with van der Waals surface area (Å²) in [4.78, 5) is 26.0. The monoisotopic (exact) mass is 431 g/mol. The number of Topliss-reactive ketones (excluding diaryl/α,β-unsaturated/α-hetero) is 1. The number of methoxy groups -OCH3 is 2. The minimum absolute atomic E-state index is 0.0721. The van der Waals surface area contributed by atoms with Gasteiger partial charge in [-0.15, -0.1) is 0 Å². The van der Waals surface area contributed by atoms with Crippen LogP contribution in [-0.4, -0.2) is 44.1 Å². The number of carbonyl (C=O) groups is 2. The Bertz CT molecular complexity index is 890. The van der Waals surface area contributed by atoms with Crippen LogP contribution in [0.5, 0.6) is 11.5 Å². The van der Waals surface area contributed by atoms with Crippen molar-refractivity contribution in [3.8, 4) is 11.5 Å². The van der Waals surface area contributed by atoms with E-state index in [0.717, 1.165) is 41.3 Å².